The molecule has 0 N–H and O–H groups in total. The third-order valence-electron chi connectivity index (χ3n) is 5.06. The van der Waals surface area contributed by atoms with Gasteiger partial charge in [0.25, 0.3) is 17.4 Å². The second kappa shape index (κ2) is 7.37. The number of rotatable bonds is 5. The molecule has 0 bridgehead atoms. The minimum absolute atomic E-state index is 0.0699. The lowest BCUT2D eigenvalue weighted by molar-refractivity contribution is 0.0637. The number of hydrogen-bond acceptors (Lipinski definition) is 4. The second-order valence-electron chi connectivity index (χ2n) is 6.92. The molecule has 3 aromatic rings. The van der Waals surface area contributed by atoms with Crippen LogP contribution in [0.5, 0.6) is 5.75 Å². The molecule has 0 radical (unpaired) electrons. The molecule has 0 spiro atoms. The summed E-state index contributed by atoms with van der Waals surface area (Å²) in [6.45, 7) is 2.33. The van der Waals surface area contributed by atoms with Crippen LogP contribution in [-0.2, 0) is 13.6 Å². The van der Waals surface area contributed by atoms with Crippen LogP contribution in [0.4, 0.5) is 0 Å². The van der Waals surface area contributed by atoms with Gasteiger partial charge >= 0.3 is 0 Å². The molecule has 2 aromatic carbocycles. The average Bonchev–Trinajstić information content (AvgIpc) is 2.96. The molecule has 148 valence electrons. The summed E-state index contributed by atoms with van der Waals surface area (Å²) in [5, 5.41) is 1.51. The van der Waals surface area contributed by atoms with Crippen LogP contribution < -0.4 is 10.3 Å². The highest BCUT2D eigenvalue weighted by atomic mass is 35.5. The number of hydrogen-bond donors (Lipinski definition) is 0. The molecule has 0 unspecified atom stereocenters. The zero-order chi connectivity index (χ0) is 20.7. The van der Waals surface area contributed by atoms with E-state index in [1.165, 1.54) is 4.57 Å². The summed E-state index contributed by atoms with van der Waals surface area (Å²) in [6.07, 6.45) is 0.761. The highest BCUT2D eigenvalue weighted by Crippen LogP contribution is 2.32. The first kappa shape index (κ1) is 19.2. The number of halogens is 1. The standard InChI is InChI=1S/C22H19ClN2O4/c1-3-10-29-19-17-11-13(23)8-9-16(17)20(26)24(2)18(19)12-25-21(27)14-6-4-5-7-15(14)22(25)28/h4-9,11H,3,10,12H2,1-2H3. The van der Waals surface area contributed by atoms with Gasteiger partial charge in [-0.15, -0.1) is 0 Å². The van der Waals surface area contributed by atoms with Crippen molar-refractivity contribution in [1.29, 1.82) is 0 Å². The predicted molar refractivity (Wildman–Crippen MR) is 111 cm³/mol. The van der Waals surface area contributed by atoms with Crippen molar-refractivity contribution in [3.05, 3.63) is 74.7 Å². The fraction of sp³-hybridized carbons (Fsp3) is 0.227. The molecule has 1 aliphatic rings. The van der Waals surface area contributed by atoms with Gasteiger partial charge < -0.3 is 9.30 Å². The van der Waals surface area contributed by atoms with Crippen molar-refractivity contribution >= 4 is 34.2 Å². The Morgan fingerprint density at radius 1 is 0.966 bits per heavy atom. The number of amides is 2. The van der Waals surface area contributed by atoms with Crippen LogP contribution in [0.1, 0.15) is 39.8 Å². The molecule has 7 heteroatoms. The molecular formula is C22H19ClN2O4. The van der Waals surface area contributed by atoms with E-state index in [9.17, 15) is 14.4 Å². The molecule has 4 rings (SSSR count). The summed E-state index contributed by atoms with van der Waals surface area (Å²) in [7, 11) is 1.61. The topological polar surface area (TPSA) is 68.6 Å². The van der Waals surface area contributed by atoms with Crippen LogP contribution in [0.25, 0.3) is 10.8 Å². The van der Waals surface area contributed by atoms with Gasteiger partial charge in [0.15, 0.2) is 0 Å². The Morgan fingerprint density at radius 2 is 1.62 bits per heavy atom. The van der Waals surface area contributed by atoms with Crippen molar-refractivity contribution in [2.24, 2.45) is 7.05 Å². The van der Waals surface area contributed by atoms with Crippen LogP contribution in [0.15, 0.2) is 47.3 Å². The number of imide groups is 1. The van der Waals surface area contributed by atoms with Crippen LogP contribution in [0.2, 0.25) is 5.02 Å². The number of fused-ring (bicyclic) bond motifs is 2. The summed E-state index contributed by atoms with van der Waals surface area (Å²) in [4.78, 5) is 39.7. The molecule has 1 aliphatic heterocycles. The number of pyridine rings is 1. The van der Waals surface area contributed by atoms with Gasteiger partial charge in [-0.3, -0.25) is 19.3 Å². The summed E-state index contributed by atoms with van der Waals surface area (Å²) < 4.78 is 7.42. The van der Waals surface area contributed by atoms with Crippen molar-refractivity contribution in [1.82, 2.24) is 9.47 Å². The largest absolute Gasteiger partial charge is 0.491 e. The summed E-state index contributed by atoms with van der Waals surface area (Å²) in [6, 6.07) is 11.7. The van der Waals surface area contributed by atoms with Crippen LogP contribution >= 0.6 is 11.6 Å². The number of aromatic nitrogens is 1. The number of carbonyl (C=O) groups excluding carboxylic acids is 2. The van der Waals surface area contributed by atoms with E-state index in [-0.39, 0.29) is 23.9 Å². The van der Waals surface area contributed by atoms with E-state index in [4.69, 9.17) is 16.3 Å². The van der Waals surface area contributed by atoms with E-state index in [1.54, 1.807) is 49.5 Å². The Labute approximate surface area is 172 Å². The fourth-order valence-corrected chi connectivity index (χ4v) is 3.75. The first-order valence-corrected chi connectivity index (χ1v) is 9.71. The maximum Gasteiger partial charge on any atom is 0.261 e. The maximum atomic E-state index is 12.9. The Bertz CT molecular complexity index is 1180. The van der Waals surface area contributed by atoms with Crippen molar-refractivity contribution < 1.29 is 14.3 Å². The molecule has 2 amide bonds. The lowest BCUT2D eigenvalue weighted by Gasteiger charge is -2.21. The molecule has 0 aliphatic carbocycles. The minimum Gasteiger partial charge on any atom is -0.491 e. The molecule has 0 fully saturated rings. The van der Waals surface area contributed by atoms with Crippen LogP contribution in [0, 0.1) is 0 Å². The van der Waals surface area contributed by atoms with Crippen molar-refractivity contribution in [2.75, 3.05) is 6.61 Å². The minimum atomic E-state index is -0.384. The third-order valence-corrected chi connectivity index (χ3v) is 5.30. The number of ether oxygens (including phenoxy) is 1. The molecule has 0 saturated heterocycles. The number of carbonyl (C=O) groups is 2. The Kier molecular flexibility index (Phi) is 4.88. The van der Waals surface area contributed by atoms with Crippen molar-refractivity contribution in [3.63, 3.8) is 0 Å². The Morgan fingerprint density at radius 3 is 2.24 bits per heavy atom. The van der Waals surface area contributed by atoms with E-state index in [0.29, 0.717) is 45.0 Å². The Balaban J connectivity index is 1.87. The first-order valence-electron chi connectivity index (χ1n) is 9.33. The average molecular weight is 411 g/mol. The SMILES string of the molecule is CCCOc1c(CN2C(=O)c3ccccc3C2=O)n(C)c(=O)c2ccc(Cl)cc12. The van der Waals surface area contributed by atoms with Gasteiger partial charge in [0.1, 0.15) is 5.75 Å². The van der Waals surface area contributed by atoms with Crippen LogP contribution in [0.3, 0.4) is 0 Å². The molecule has 1 aromatic heterocycles. The highest BCUT2D eigenvalue weighted by molar-refractivity contribution is 6.31. The van der Waals surface area contributed by atoms with Gasteiger partial charge in [0, 0.05) is 17.5 Å². The van der Waals surface area contributed by atoms with Gasteiger partial charge in [0.2, 0.25) is 0 Å². The van der Waals surface area contributed by atoms with E-state index < -0.39 is 0 Å². The fourth-order valence-electron chi connectivity index (χ4n) is 3.58. The number of benzene rings is 2. The van der Waals surface area contributed by atoms with Crippen molar-refractivity contribution in [3.8, 4) is 5.75 Å². The smallest absolute Gasteiger partial charge is 0.261 e. The summed E-state index contributed by atoms with van der Waals surface area (Å²) in [5.41, 5.74) is 0.935. The highest BCUT2D eigenvalue weighted by Gasteiger charge is 2.36. The van der Waals surface area contributed by atoms with Crippen molar-refractivity contribution in [2.45, 2.75) is 19.9 Å². The molecule has 29 heavy (non-hydrogen) atoms. The predicted octanol–water partition coefficient (Wildman–Crippen LogP) is 3.78. The lowest BCUT2D eigenvalue weighted by Crippen LogP contribution is -2.33. The van der Waals surface area contributed by atoms with E-state index in [2.05, 4.69) is 0 Å². The zero-order valence-electron chi connectivity index (χ0n) is 16.1. The van der Waals surface area contributed by atoms with Gasteiger partial charge in [-0.25, -0.2) is 0 Å². The van der Waals surface area contributed by atoms with E-state index in [0.717, 1.165) is 11.3 Å². The lowest BCUT2D eigenvalue weighted by atomic mass is 10.1. The quantitative estimate of drug-likeness (QED) is 0.600. The second-order valence-corrected chi connectivity index (χ2v) is 7.36. The van der Waals surface area contributed by atoms with E-state index in [1.807, 2.05) is 6.92 Å². The van der Waals surface area contributed by atoms with Gasteiger partial charge in [-0.05, 0) is 36.8 Å². The van der Waals surface area contributed by atoms with Gasteiger partial charge in [-0.2, -0.15) is 0 Å². The Hall–Kier alpha value is -3.12. The molecule has 0 saturated carbocycles. The molecule has 6 nitrogen and oxygen atoms in total. The van der Waals surface area contributed by atoms with E-state index >= 15 is 0 Å². The monoisotopic (exact) mass is 410 g/mol. The molecule has 2 heterocycles. The summed E-state index contributed by atoms with van der Waals surface area (Å²) >= 11 is 6.16. The third kappa shape index (κ3) is 3.09. The number of nitrogens with zero attached hydrogens (tertiary/aromatic N) is 2. The van der Waals surface area contributed by atoms with Gasteiger partial charge in [-0.1, -0.05) is 30.7 Å². The molecular weight excluding hydrogens is 392 g/mol. The first-order chi connectivity index (χ1) is 13.9. The van der Waals surface area contributed by atoms with Gasteiger partial charge in [0.05, 0.1) is 35.4 Å². The van der Waals surface area contributed by atoms with Crippen LogP contribution in [-0.4, -0.2) is 27.9 Å². The maximum absolute atomic E-state index is 12.9. The summed E-state index contributed by atoms with van der Waals surface area (Å²) in [5.74, 6) is -0.306. The zero-order valence-corrected chi connectivity index (χ0v) is 16.8. The normalized spacial score (nSPS) is 13.3. The molecule has 0 atom stereocenters.